The Morgan fingerprint density at radius 3 is 2.40 bits per heavy atom. The SMILES string of the molecule is Cc1ccc(Cl)cc1C(=O)N(CCC(=O)O)C(C)(C)C. The quantitative estimate of drug-likeness (QED) is 0.927. The van der Waals surface area contributed by atoms with Gasteiger partial charge < -0.3 is 10.0 Å². The number of amides is 1. The molecule has 1 aromatic rings. The van der Waals surface area contributed by atoms with E-state index in [1.807, 2.05) is 27.7 Å². The summed E-state index contributed by atoms with van der Waals surface area (Å²) in [7, 11) is 0. The normalized spacial score (nSPS) is 11.2. The molecule has 1 rings (SSSR count). The predicted octanol–water partition coefficient (Wildman–Crippen LogP) is 3.36. The zero-order valence-electron chi connectivity index (χ0n) is 12.2. The second kappa shape index (κ2) is 6.27. The Morgan fingerprint density at radius 1 is 1.30 bits per heavy atom. The van der Waals surface area contributed by atoms with Crippen molar-refractivity contribution in [2.45, 2.75) is 39.7 Å². The molecule has 0 radical (unpaired) electrons. The first-order valence-corrected chi connectivity index (χ1v) is 6.80. The number of carbonyl (C=O) groups excluding carboxylic acids is 1. The number of rotatable bonds is 4. The highest BCUT2D eigenvalue weighted by molar-refractivity contribution is 6.31. The first kappa shape index (κ1) is 16.5. The number of aryl methyl sites for hydroxylation is 1. The molecule has 1 aromatic carbocycles. The molecule has 0 spiro atoms. The molecule has 110 valence electrons. The van der Waals surface area contributed by atoms with E-state index in [9.17, 15) is 9.59 Å². The molecule has 4 nitrogen and oxygen atoms in total. The van der Waals surface area contributed by atoms with Gasteiger partial charge in [0.1, 0.15) is 0 Å². The zero-order chi connectivity index (χ0) is 15.5. The fourth-order valence-electron chi connectivity index (χ4n) is 1.92. The van der Waals surface area contributed by atoms with Crippen molar-refractivity contribution >= 4 is 23.5 Å². The maximum atomic E-state index is 12.7. The Labute approximate surface area is 124 Å². The summed E-state index contributed by atoms with van der Waals surface area (Å²) < 4.78 is 0. The van der Waals surface area contributed by atoms with Crippen LogP contribution < -0.4 is 0 Å². The fourth-order valence-corrected chi connectivity index (χ4v) is 2.09. The predicted molar refractivity (Wildman–Crippen MR) is 79.2 cm³/mol. The minimum Gasteiger partial charge on any atom is -0.481 e. The number of hydrogen-bond acceptors (Lipinski definition) is 2. The van der Waals surface area contributed by atoms with E-state index in [0.717, 1.165) is 5.56 Å². The highest BCUT2D eigenvalue weighted by Crippen LogP contribution is 2.22. The van der Waals surface area contributed by atoms with Crippen LogP contribution in [-0.2, 0) is 4.79 Å². The summed E-state index contributed by atoms with van der Waals surface area (Å²) in [5.74, 6) is -1.12. The van der Waals surface area contributed by atoms with E-state index in [2.05, 4.69) is 0 Å². The van der Waals surface area contributed by atoms with Gasteiger partial charge in [-0.15, -0.1) is 0 Å². The van der Waals surface area contributed by atoms with Crippen LogP contribution in [-0.4, -0.2) is 34.0 Å². The number of aliphatic carboxylic acids is 1. The van der Waals surface area contributed by atoms with Crippen LogP contribution in [0.15, 0.2) is 18.2 Å². The molecule has 20 heavy (non-hydrogen) atoms. The number of hydrogen-bond donors (Lipinski definition) is 1. The molecule has 0 aromatic heterocycles. The van der Waals surface area contributed by atoms with Crippen molar-refractivity contribution in [3.8, 4) is 0 Å². The number of halogens is 1. The molecule has 1 amide bonds. The van der Waals surface area contributed by atoms with Crippen molar-refractivity contribution in [1.82, 2.24) is 4.90 Å². The van der Waals surface area contributed by atoms with Gasteiger partial charge in [0.2, 0.25) is 0 Å². The summed E-state index contributed by atoms with van der Waals surface area (Å²) >= 11 is 5.94. The van der Waals surface area contributed by atoms with Crippen molar-refractivity contribution in [2.75, 3.05) is 6.54 Å². The van der Waals surface area contributed by atoms with Crippen LogP contribution >= 0.6 is 11.6 Å². The van der Waals surface area contributed by atoms with E-state index in [0.29, 0.717) is 10.6 Å². The lowest BCUT2D eigenvalue weighted by atomic mass is 10.0. The molecule has 1 N–H and O–H groups in total. The molecule has 0 fully saturated rings. The maximum Gasteiger partial charge on any atom is 0.305 e. The molecule has 0 heterocycles. The van der Waals surface area contributed by atoms with Crippen LogP contribution in [0, 0.1) is 6.92 Å². The molecule has 0 unspecified atom stereocenters. The van der Waals surface area contributed by atoms with E-state index in [1.54, 1.807) is 23.1 Å². The molecule has 0 aliphatic rings. The van der Waals surface area contributed by atoms with Gasteiger partial charge in [0.15, 0.2) is 0 Å². The van der Waals surface area contributed by atoms with E-state index < -0.39 is 11.5 Å². The Hall–Kier alpha value is -1.55. The van der Waals surface area contributed by atoms with E-state index in [1.165, 1.54) is 0 Å². The Kier molecular flexibility index (Phi) is 5.17. The highest BCUT2D eigenvalue weighted by Gasteiger charge is 2.28. The van der Waals surface area contributed by atoms with Crippen molar-refractivity contribution in [1.29, 1.82) is 0 Å². The van der Waals surface area contributed by atoms with E-state index >= 15 is 0 Å². The molecule has 0 aliphatic carbocycles. The van der Waals surface area contributed by atoms with Crippen molar-refractivity contribution in [3.05, 3.63) is 34.3 Å². The van der Waals surface area contributed by atoms with Gasteiger partial charge in [0, 0.05) is 22.7 Å². The van der Waals surface area contributed by atoms with Crippen molar-refractivity contribution in [2.24, 2.45) is 0 Å². The smallest absolute Gasteiger partial charge is 0.305 e. The van der Waals surface area contributed by atoms with Crippen molar-refractivity contribution < 1.29 is 14.7 Å². The number of carboxylic acids is 1. The molecule has 0 bridgehead atoms. The van der Waals surface area contributed by atoms with Crippen LogP contribution in [0.5, 0.6) is 0 Å². The summed E-state index contributed by atoms with van der Waals surface area (Å²) in [6.07, 6.45) is -0.0807. The van der Waals surface area contributed by atoms with Gasteiger partial charge in [-0.25, -0.2) is 0 Å². The number of nitrogens with zero attached hydrogens (tertiary/aromatic N) is 1. The fraction of sp³-hybridized carbons (Fsp3) is 0.467. The zero-order valence-corrected chi connectivity index (χ0v) is 13.0. The van der Waals surface area contributed by atoms with Crippen LogP contribution in [0.4, 0.5) is 0 Å². The average molecular weight is 298 g/mol. The standard InChI is InChI=1S/C15H20ClNO3/c1-10-5-6-11(16)9-12(10)14(20)17(15(2,3)4)8-7-13(18)19/h5-6,9H,7-8H2,1-4H3,(H,18,19). The molecule has 0 saturated carbocycles. The van der Waals surface area contributed by atoms with Crippen LogP contribution in [0.2, 0.25) is 5.02 Å². The third kappa shape index (κ3) is 4.23. The van der Waals surface area contributed by atoms with Crippen LogP contribution in [0.1, 0.15) is 43.1 Å². The maximum absolute atomic E-state index is 12.7. The largest absolute Gasteiger partial charge is 0.481 e. The molecule has 0 aliphatic heterocycles. The monoisotopic (exact) mass is 297 g/mol. The first-order valence-electron chi connectivity index (χ1n) is 6.43. The summed E-state index contributed by atoms with van der Waals surface area (Å²) in [4.78, 5) is 25.0. The van der Waals surface area contributed by atoms with Gasteiger partial charge in [0.05, 0.1) is 6.42 Å². The van der Waals surface area contributed by atoms with E-state index in [-0.39, 0.29) is 18.9 Å². The van der Waals surface area contributed by atoms with E-state index in [4.69, 9.17) is 16.7 Å². The first-order chi connectivity index (χ1) is 9.12. The van der Waals surface area contributed by atoms with Crippen molar-refractivity contribution in [3.63, 3.8) is 0 Å². The summed E-state index contributed by atoms with van der Waals surface area (Å²) in [5, 5.41) is 9.31. The second-order valence-corrected chi connectivity index (χ2v) is 6.17. The van der Waals surface area contributed by atoms with Gasteiger partial charge >= 0.3 is 5.97 Å². The Balaban J connectivity index is 3.10. The molecular formula is C15H20ClNO3. The highest BCUT2D eigenvalue weighted by atomic mass is 35.5. The summed E-state index contributed by atoms with van der Waals surface area (Å²) in [6, 6.07) is 5.14. The van der Waals surface area contributed by atoms with Crippen LogP contribution in [0.3, 0.4) is 0 Å². The minimum atomic E-state index is -0.921. The second-order valence-electron chi connectivity index (χ2n) is 5.73. The number of carboxylic acid groups (broad SMARTS) is 1. The topological polar surface area (TPSA) is 57.6 Å². The third-order valence-corrected chi connectivity index (χ3v) is 3.27. The van der Waals surface area contributed by atoms with Gasteiger partial charge in [-0.2, -0.15) is 0 Å². The lowest BCUT2D eigenvalue weighted by Crippen LogP contribution is -2.46. The summed E-state index contributed by atoms with van der Waals surface area (Å²) in [5.41, 5.74) is 0.878. The number of benzene rings is 1. The summed E-state index contributed by atoms with van der Waals surface area (Å²) in [6.45, 7) is 7.65. The van der Waals surface area contributed by atoms with Gasteiger partial charge in [-0.1, -0.05) is 17.7 Å². The average Bonchev–Trinajstić information content (AvgIpc) is 2.30. The van der Waals surface area contributed by atoms with Gasteiger partial charge in [0.25, 0.3) is 5.91 Å². The minimum absolute atomic E-state index is 0.0807. The molecule has 0 saturated heterocycles. The Bertz CT molecular complexity index is 520. The Morgan fingerprint density at radius 2 is 1.90 bits per heavy atom. The van der Waals surface area contributed by atoms with Gasteiger partial charge in [-0.3, -0.25) is 9.59 Å². The van der Waals surface area contributed by atoms with Crippen LogP contribution in [0.25, 0.3) is 0 Å². The molecule has 0 atom stereocenters. The van der Waals surface area contributed by atoms with Gasteiger partial charge in [-0.05, 0) is 45.4 Å². The lowest BCUT2D eigenvalue weighted by molar-refractivity contribution is -0.137. The lowest BCUT2D eigenvalue weighted by Gasteiger charge is -2.36. The molecule has 5 heteroatoms. The third-order valence-electron chi connectivity index (χ3n) is 3.03. The molecular weight excluding hydrogens is 278 g/mol. The number of carbonyl (C=O) groups is 2.